The van der Waals surface area contributed by atoms with Gasteiger partial charge in [-0.2, -0.15) is 0 Å². The fourth-order valence-electron chi connectivity index (χ4n) is 4.06. The van der Waals surface area contributed by atoms with Gasteiger partial charge in [0, 0.05) is 35.4 Å². The van der Waals surface area contributed by atoms with Gasteiger partial charge in [-0.15, -0.1) is 0 Å². The molecule has 2 heterocycles. The van der Waals surface area contributed by atoms with Gasteiger partial charge in [0.1, 0.15) is 18.1 Å². The summed E-state index contributed by atoms with van der Waals surface area (Å²) in [6, 6.07) is 3.56. The molecule has 5 unspecified atom stereocenters. The summed E-state index contributed by atoms with van der Waals surface area (Å²) < 4.78 is 0. The molecule has 204 valence electrons. The molecule has 3 aromatic rings. The number of nitrogens with one attached hydrogen (secondary N) is 5. The zero-order chi connectivity index (χ0) is 27.8. The largest absolute Gasteiger partial charge is 0.480 e. The summed E-state index contributed by atoms with van der Waals surface area (Å²) in [5, 5.41) is 17.9. The molecule has 12 nitrogen and oxygen atoms in total. The molecule has 3 rings (SSSR count). The lowest BCUT2D eigenvalue weighted by atomic mass is 9.96. The lowest BCUT2D eigenvalue weighted by molar-refractivity contribution is -0.141. The predicted molar refractivity (Wildman–Crippen MR) is 141 cm³/mol. The molecule has 38 heavy (non-hydrogen) atoms. The van der Waals surface area contributed by atoms with E-state index >= 15 is 0 Å². The molecular weight excluding hydrogens is 490 g/mol. The van der Waals surface area contributed by atoms with Crippen LogP contribution in [0, 0.1) is 5.92 Å². The van der Waals surface area contributed by atoms with Crippen molar-refractivity contribution in [1.29, 1.82) is 0 Å². The van der Waals surface area contributed by atoms with E-state index in [1.807, 2.05) is 44.3 Å². The molecule has 0 aliphatic rings. The maximum absolute atomic E-state index is 13.4. The number of H-pyrrole nitrogens is 2. The highest BCUT2D eigenvalue weighted by molar-refractivity contribution is 5.94. The standard InChI is InChI=1S/C26H35N7O5/c1-4-14(2)22(33-23(34)19(27)9-16-11-29-20-8-6-5-7-18(16)20)25(36)32-21(10-17-12-28-13-30-17)24(35)31-15(3)26(37)38/h5-8,11-15,19,21-22,29H,4,9-10,27H2,1-3H3,(H,28,30)(H,31,35)(H,32,36)(H,33,34)(H,37,38). The molecule has 5 atom stereocenters. The zero-order valence-corrected chi connectivity index (χ0v) is 21.7. The number of carboxylic acids is 1. The van der Waals surface area contributed by atoms with Crippen molar-refractivity contribution in [1.82, 2.24) is 30.9 Å². The van der Waals surface area contributed by atoms with Crippen LogP contribution in [0.2, 0.25) is 0 Å². The van der Waals surface area contributed by atoms with Gasteiger partial charge < -0.3 is 36.8 Å². The Morgan fingerprint density at radius 2 is 1.74 bits per heavy atom. The van der Waals surface area contributed by atoms with Crippen LogP contribution in [0.25, 0.3) is 10.9 Å². The van der Waals surface area contributed by atoms with E-state index in [4.69, 9.17) is 10.8 Å². The predicted octanol–water partition coefficient (Wildman–Crippen LogP) is 0.609. The van der Waals surface area contributed by atoms with Crippen LogP contribution in [-0.4, -0.2) is 67.9 Å². The van der Waals surface area contributed by atoms with Crippen molar-refractivity contribution in [2.75, 3.05) is 0 Å². The van der Waals surface area contributed by atoms with Crippen molar-refractivity contribution < 1.29 is 24.3 Å². The SMILES string of the molecule is CCC(C)C(NC(=O)C(N)Cc1c[nH]c2ccccc12)C(=O)NC(Cc1cnc[nH]1)C(=O)NC(C)C(=O)O. The summed E-state index contributed by atoms with van der Waals surface area (Å²) >= 11 is 0. The van der Waals surface area contributed by atoms with Gasteiger partial charge in [-0.25, -0.2) is 4.98 Å². The minimum absolute atomic E-state index is 0.0468. The van der Waals surface area contributed by atoms with Gasteiger partial charge in [0.05, 0.1) is 12.4 Å². The van der Waals surface area contributed by atoms with Crippen molar-refractivity contribution in [3.05, 3.63) is 54.2 Å². The Labute approximate surface area is 220 Å². The van der Waals surface area contributed by atoms with Crippen LogP contribution < -0.4 is 21.7 Å². The molecule has 0 spiro atoms. The minimum Gasteiger partial charge on any atom is -0.480 e. The second-order valence-corrected chi connectivity index (χ2v) is 9.45. The molecule has 3 amide bonds. The number of aromatic nitrogens is 3. The van der Waals surface area contributed by atoms with Crippen LogP contribution in [0.3, 0.4) is 0 Å². The number of carbonyl (C=O) groups is 4. The number of rotatable bonds is 13. The smallest absolute Gasteiger partial charge is 0.325 e. The Morgan fingerprint density at radius 1 is 1.00 bits per heavy atom. The Hall–Kier alpha value is -4.19. The van der Waals surface area contributed by atoms with E-state index in [2.05, 4.69) is 30.9 Å². The summed E-state index contributed by atoms with van der Waals surface area (Å²) in [6.45, 7) is 5.02. The third kappa shape index (κ3) is 7.19. The average molecular weight is 526 g/mol. The van der Waals surface area contributed by atoms with Crippen LogP contribution in [-0.2, 0) is 32.0 Å². The first-order valence-electron chi connectivity index (χ1n) is 12.5. The molecule has 1 aromatic carbocycles. The second-order valence-electron chi connectivity index (χ2n) is 9.45. The Morgan fingerprint density at radius 3 is 2.39 bits per heavy atom. The summed E-state index contributed by atoms with van der Waals surface area (Å²) in [7, 11) is 0. The number of carbonyl (C=O) groups excluding carboxylic acids is 3. The number of amides is 3. The number of aromatic amines is 2. The Bertz CT molecular complexity index is 1260. The monoisotopic (exact) mass is 525 g/mol. The molecule has 0 aliphatic carbocycles. The number of carboxylic acid groups (broad SMARTS) is 1. The molecule has 0 radical (unpaired) electrons. The topological polar surface area (TPSA) is 195 Å². The van der Waals surface area contributed by atoms with Gasteiger partial charge in [0.25, 0.3) is 0 Å². The fourth-order valence-corrected chi connectivity index (χ4v) is 4.06. The van der Waals surface area contributed by atoms with E-state index in [1.54, 1.807) is 0 Å². The quantitative estimate of drug-likeness (QED) is 0.170. The summed E-state index contributed by atoms with van der Waals surface area (Å²) in [5.41, 5.74) is 8.61. The van der Waals surface area contributed by atoms with E-state index in [-0.39, 0.29) is 18.8 Å². The molecule has 0 saturated carbocycles. The van der Waals surface area contributed by atoms with Gasteiger partial charge in [-0.05, 0) is 30.9 Å². The highest BCUT2D eigenvalue weighted by Crippen LogP contribution is 2.19. The summed E-state index contributed by atoms with van der Waals surface area (Å²) in [6.07, 6.45) is 5.64. The summed E-state index contributed by atoms with van der Waals surface area (Å²) in [5.74, 6) is -3.22. The van der Waals surface area contributed by atoms with Crippen molar-refractivity contribution >= 4 is 34.6 Å². The van der Waals surface area contributed by atoms with E-state index in [0.29, 0.717) is 12.1 Å². The van der Waals surface area contributed by atoms with Crippen LogP contribution >= 0.6 is 0 Å². The number of aliphatic carboxylic acids is 1. The van der Waals surface area contributed by atoms with Crippen LogP contribution in [0.5, 0.6) is 0 Å². The van der Waals surface area contributed by atoms with E-state index < -0.39 is 47.9 Å². The molecule has 0 aliphatic heterocycles. The normalized spacial score (nSPS) is 15.2. The molecule has 0 fully saturated rings. The molecule has 0 saturated heterocycles. The second kappa shape index (κ2) is 12.9. The molecule has 8 N–H and O–H groups in total. The minimum atomic E-state index is -1.21. The lowest BCUT2D eigenvalue weighted by Gasteiger charge is -2.27. The first-order valence-corrected chi connectivity index (χ1v) is 12.5. The van der Waals surface area contributed by atoms with Gasteiger partial charge in [0.2, 0.25) is 17.7 Å². The van der Waals surface area contributed by atoms with Crippen molar-refractivity contribution in [3.8, 4) is 0 Å². The van der Waals surface area contributed by atoms with Gasteiger partial charge in [0.15, 0.2) is 0 Å². The van der Waals surface area contributed by atoms with Crippen molar-refractivity contribution in [2.24, 2.45) is 11.7 Å². The van der Waals surface area contributed by atoms with E-state index in [0.717, 1.165) is 16.5 Å². The van der Waals surface area contributed by atoms with E-state index in [9.17, 15) is 19.2 Å². The zero-order valence-electron chi connectivity index (χ0n) is 21.7. The third-order valence-electron chi connectivity index (χ3n) is 6.59. The van der Waals surface area contributed by atoms with Gasteiger partial charge in [-0.3, -0.25) is 19.2 Å². The van der Waals surface area contributed by atoms with Crippen molar-refractivity contribution in [2.45, 2.75) is 64.2 Å². The molecule has 2 aromatic heterocycles. The van der Waals surface area contributed by atoms with Gasteiger partial charge in [-0.1, -0.05) is 38.5 Å². The first kappa shape index (κ1) is 28.4. The number of fused-ring (bicyclic) bond motifs is 1. The van der Waals surface area contributed by atoms with Crippen LogP contribution in [0.15, 0.2) is 43.0 Å². The molecule has 0 bridgehead atoms. The number of para-hydroxylation sites is 1. The Balaban J connectivity index is 1.72. The van der Waals surface area contributed by atoms with Crippen molar-refractivity contribution in [3.63, 3.8) is 0 Å². The highest BCUT2D eigenvalue weighted by Gasteiger charge is 2.32. The number of benzene rings is 1. The maximum Gasteiger partial charge on any atom is 0.325 e. The van der Waals surface area contributed by atoms with Crippen LogP contribution in [0.4, 0.5) is 0 Å². The number of imidazole rings is 1. The maximum atomic E-state index is 13.4. The Kier molecular flexibility index (Phi) is 9.61. The van der Waals surface area contributed by atoms with Gasteiger partial charge >= 0.3 is 5.97 Å². The third-order valence-corrected chi connectivity index (χ3v) is 6.59. The number of hydrogen-bond acceptors (Lipinski definition) is 6. The highest BCUT2D eigenvalue weighted by atomic mass is 16.4. The number of hydrogen-bond donors (Lipinski definition) is 7. The summed E-state index contributed by atoms with van der Waals surface area (Å²) in [4.78, 5) is 60.4. The molecular formula is C26H35N7O5. The number of nitrogens with zero attached hydrogens (tertiary/aromatic N) is 1. The molecule has 12 heteroatoms. The first-order chi connectivity index (χ1) is 18.1. The average Bonchev–Trinajstić information content (AvgIpc) is 3.56. The van der Waals surface area contributed by atoms with Crippen LogP contribution in [0.1, 0.15) is 38.4 Å². The lowest BCUT2D eigenvalue weighted by Crippen LogP contribution is -2.59. The van der Waals surface area contributed by atoms with E-state index in [1.165, 1.54) is 19.4 Å². The number of nitrogens with two attached hydrogens (primary N) is 1. The fraction of sp³-hybridized carbons (Fsp3) is 0.423.